The number of rotatable bonds is 10. The molecule has 1 aromatic heterocycles. The van der Waals surface area contributed by atoms with Gasteiger partial charge in [-0.1, -0.05) is 50.2 Å². The van der Waals surface area contributed by atoms with Crippen LogP contribution in [-0.2, 0) is 24.4 Å². The van der Waals surface area contributed by atoms with Crippen LogP contribution in [0.5, 0.6) is 11.5 Å². The lowest BCUT2D eigenvalue weighted by atomic mass is 9.98. The molecule has 5 rings (SSSR count). The van der Waals surface area contributed by atoms with E-state index in [1.165, 1.54) is 22.8 Å². The molecule has 0 saturated carbocycles. The van der Waals surface area contributed by atoms with E-state index < -0.39 is 6.09 Å². The number of benzene rings is 3. The number of aromatic hydroxyl groups is 2. The number of aromatic nitrogens is 3. The summed E-state index contributed by atoms with van der Waals surface area (Å²) in [6.07, 6.45) is 0.869. The molecule has 4 N–H and O–H groups in total. The van der Waals surface area contributed by atoms with E-state index in [0.717, 1.165) is 56.8 Å². The van der Waals surface area contributed by atoms with Crippen LogP contribution < -0.4 is 5.73 Å². The molecule has 232 valence electrons. The number of ether oxygens (including phenoxy) is 1. The SMILES string of the molecule is Cc1nnc(-c2cc(C(C)C)c(O)cc2O)n1-c1ccc(CN(C)Cc2ccc(CN3CCC(OC(N)=O)CC3)cc2)cc1. The summed E-state index contributed by atoms with van der Waals surface area (Å²) in [4.78, 5) is 15.6. The number of carbonyl (C=O) groups excluding carboxylic acids is 1. The van der Waals surface area contributed by atoms with Crippen LogP contribution in [0.3, 0.4) is 0 Å². The Bertz CT molecular complexity index is 1570. The van der Waals surface area contributed by atoms with Gasteiger partial charge in [-0.25, -0.2) is 4.79 Å². The monoisotopic (exact) mass is 598 g/mol. The van der Waals surface area contributed by atoms with Gasteiger partial charge in [0.2, 0.25) is 0 Å². The van der Waals surface area contributed by atoms with E-state index in [2.05, 4.69) is 63.4 Å². The number of carbonyl (C=O) groups is 1. The number of piperidine rings is 1. The lowest BCUT2D eigenvalue weighted by Gasteiger charge is -2.31. The average molecular weight is 599 g/mol. The van der Waals surface area contributed by atoms with Crippen molar-refractivity contribution in [2.45, 2.75) is 65.3 Å². The summed E-state index contributed by atoms with van der Waals surface area (Å²) in [5, 5.41) is 29.6. The van der Waals surface area contributed by atoms with E-state index >= 15 is 0 Å². The third-order valence-corrected chi connectivity index (χ3v) is 8.18. The van der Waals surface area contributed by atoms with E-state index in [-0.39, 0.29) is 23.5 Å². The maximum atomic E-state index is 11.0. The molecule has 1 aliphatic rings. The second-order valence-corrected chi connectivity index (χ2v) is 12.1. The van der Waals surface area contributed by atoms with E-state index in [9.17, 15) is 15.0 Å². The van der Waals surface area contributed by atoms with Crippen LogP contribution in [-0.4, -0.2) is 67.1 Å². The average Bonchev–Trinajstić information content (AvgIpc) is 3.36. The van der Waals surface area contributed by atoms with E-state index in [0.29, 0.717) is 17.2 Å². The largest absolute Gasteiger partial charge is 0.508 e. The number of hydrogen-bond acceptors (Lipinski definition) is 8. The highest BCUT2D eigenvalue weighted by atomic mass is 16.6. The lowest BCUT2D eigenvalue weighted by Crippen LogP contribution is -2.38. The van der Waals surface area contributed by atoms with Crippen molar-refractivity contribution in [2.75, 3.05) is 20.1 Å². The minimum Gasteiger partial charge on any atom is -0.508 e. The zero-order chi connectivity index (χ0) is 31.4. The van der Waals surface area contributed by atoms with Crippen LogP contribution in [0.25, 0.3) is 17.1 Å². The fourth-order valence-electron chi connectivity index (χ4n) is 5.87. The Morgan fingerprint density at radius 1 is 0.955 bits per heavy atom. The lowest BCUT2D eigenvalue weighted by molar-refractivity contribution is 0.0541. The van der Waals surface area contributed by atoms with E-state index in [4.69, 9.17) is 10.5 Å². The van der Waals surface area contributed by atoms with Gasteiger partial charge in [0.05, 0.1) is 5.56 Å². The normalized spacial score (nSPS) is 14.4. The number of aryl methyl sites for hydroxylation is 1. The smallest absolute Gasteiger partial charge is 0.404 e. The van der Waals surface area contributed by atoms with Crippen LogP contribution in [0, 0.1) is 6.92 Å². The van der Waals surface area contributed by atoms with Crippen LogP contribution in [0.4, 0.5) is 4.79 Å². The van der Waals surface area contributed by atoms with Crippen LogP contribution in [0.2, 0.25) is 0 Å². The number of primary amides is 1. The first-order chi connectivity index (χ1) is 21.1. The summed E-state index contributed by atoms with van der Waals surface area (Å²) in [5.41, 5.74) is 11.0. The second-order valence-electron chi connectivity index (χ2n) is 12.1. The van der Waals surface area contributed by atoms with Crippen LogP contribution >= 0.6 is 0 Å². The molecule has 10 nitrogen and oxygen atoms in total. The Kier molecular flexibility index (Phi) is 9.51. The third-order valence-electron chi connectivity index (χ3n) is 8.18. The third kappa shape index (κ3) is 7.38. The van der Waals surface area contributed by atoms with Gasteiger partial charge in [-0.15, -0.1) is 10.2 Å². The number of hydrogen-bond donors (Lipinski definition) is 3. The minimum atomic E-state index is -0.689. The zero-order valence-corrected chi connectivity index (χ0v) is 25.9. The van der Waals surface area contributed by atoms with Gasteiger partial charge < -0.3 is 20.7 Å². The Morgan fingerprint density at radius 3 is 2.14 bits per heavy atom. The molecule has 4 aromatic rings. The van der Waals surface area contributed by atoms with Gasteiger partial charge in [-0.3, -0.25) is 14.4 Å². The summed E-state index contributed by atoms with van der Waals surface area (Å²) in [5.74, 6) is 1.34. The highest BCUT2D eigenvalue weighted by molar-refractivity contribution is 5.69. The predicted molar refractivity (Wildman–Crippen MR) is 170 cm³/mol. The molecule has 0 bridgehead atoms. The summed E-state index contributed by atoms with van der Waals surface area (Å²) >= 11 is 0. The van der Waals surface area contributed by atoms with Crippen molar-refractivity contribution in [3.8, 4) is 28.6 Å². The van der Waals surface area contributed by atoms with Gasteiger partial charge in [0.1, 0.15) is 23.4 Å². The summed E-state index contributed by atoms with van der Waals surface area (Å²) in [6, 6.07) is 20.2. The number of nitrogens with two attached hydrogens (primary N) is 1. The molecule has 0 aliphatic carbocycles. The zero-order valence-electron chi connectivity index (χ0n) is 25.9. The molecule has 44 heavy (non-hydrogen) atoms. The molecular weight excluding hydrogens is 556 g/mol. The van der Waals surface area contributed by atoms with Gasteiger partial charge >= 0.3 is 6.09 Å². The summed E-state index contributed by atoms with van der Waals surface area (Å²) in [7, 11) is 2.11. The highest BCUT2D eigenvalue weighted by Crippen LogP contribution is 2.38. The quantitative estimate of drug-likeness (QED) is 0.219. The number of likely N-dealkylation sites (tertiary alicyclic amines) is 1. The van der Waals surface area contributed by atoms with Gasteiger partial charge in [-0.05, 0) is 73.2 Å². The van der Waals surface area contributed by atoms with Crippen molar-refractivity contribution in [1.29, 1.82) is 0 Å². The van der Waals surface area contributed by atoms with Crippen molar-refractivity contribution >= 4 is 6.09 Å². The molecule has 1 fully saturated rings. The molecule has 0 spiro atoms. The summed E-state index contributed by atoms with van der Waals surface area (Å²) < 4.78 is 7.06. The fourth-order valence-corrected chi connectivity index (χ4v) is 5.87. The Balaban J connectivity index is 1.19. The molecule has 0 unspecified atom stereocenters. The van der Waals surface area contributed by atoms with Gasteiger partial charge in [0.15, 0.2) is 5.82 Å². The Morgan fingerprint density at radius 2 is 1.55 bits per heavy atom. The van der Waals surface area contributed by atoms with Crippen LogP contribution in [0.15, 0.2) is 60.7 Å². The van der Waals surface area contributed by atoms with Crippen molar-refractivity contribution in [2.24, 2.45) is 5.73 Å². The number of phenolic OH excluding ortho intramolecular Hbond substituents is 2. The molecule has 2 heterocycles. The molecule has 1 aliphatic heterocycles. The molecule has 1 amide bonds. The predicted octanol–water partition coefficient (Wildman–Crippen LogP) is 5.47. The topological polar surface area (TPSA) is 130 Å². The van der Waals surface area contributed by atoms with Gasteiger partial charge in [-0.2, -0.15) is 0 Å². The molecule has 10 heteroatoms. The molecule has 0 radical (unpaired) electrons. The first-order valence-corrected chi connectivity index (χ1v) is 15.1. The highest BCUT2D eigenvalue weighted by Gasteiger charge is 2.22. The minimum absolute atomic E-state index is 0.0383. The molecule has 0 atom stereocenters. The standard InChI is InChI=1S/C34H42N6O4/c1-22(2)29-17-30(32(42)18-31(29)41)33-37-36-23(3)40(33)27-11-9-25(10-12-27)20-38(4)19-24-5-7-26(8-6-24)21-39-15-13-28(14-16-39)44-34(35)43/h5-12,17-18,22,28,41-42H,13-16,19-21H2,1-4H3,(H2,35,43). The summed E-state index contributed by atoms with van der Waals surface area (Å²) in [6.45, 7) is 10.1. The first-order valence-electron chi connectivity index (χ1n) is 15.1. The number of amides is 1. The van der Waals surface area contributed by atoms with Crippen LogP contribution in [0.1, 0.15) is 60.7 Å². The Labute approximate surface area is 258 Å². The maximum Gasteiger partial charge on any atom is 0.404 e. The maximum absolute atomic E-state index is 11.0. The van der Waals surface area contributed by atoms with E-state index in [1.807, 2.05) is 37.5 Å². The van der Waals surface area contributed by atoms with Crippen molar-refractivity contribution < 1.29 is 19.7 Å². The van der Waals surface area contributed by atoms with Gasteiger partial charge in [0, 0.05) is 44.5 Å². The van der Waals surface area contributed by atoms with Gasteiger partial charge in [0.25, 0.3) is 0 Å². The first kappa shape index (κ1) is 31.0. The van der Waals surface area contributed by atoms with Crippen molar-refractivity contribution in [3.63, 3.8) is 0 Å². The van der Waals surface area contributed by atoms with Crippen molar-refractivity contribution in [3.05, 3.63) is 88.7 Å². The number of nitrogens with zero attached hydrogens (tertiary/aromatic N) is 5. The molecular formula is C34H42N6O4. The van der Waals surface area contributed by atoms with Crippen molar-refractivity contribution in [1.82, 2.24) is 24.6 Å². The molecule has 3 aromatic carbocycles. The van der Waals surface area contributed by atoms with E-state index in [1.54, 1.807) is 6.07 Å². The molecule has 1 saturated heterocycles. The fraction of sp³-hybridized carbons (Fsp3) is 0.382. The number of phenols is 2. The second kappa shape index (κ2) is 13.5. The Hall–Kier alpha value is -4.41.